The molecular formula is C21H21F5N6O2. The molecule has 3 heterocycles. The summed E-state index contributed by atoms with van der Waals surface area (Å²) < 4.78 is 68.6. The number of nitrogens with one attached hydrogen (secondary N) is 1. The molecule has 1 fully saturated rings. The molecule has 0 aliphatic carbocycles. The van der Waals surface area contributed by atoms with Gasteiger partial charge in [0.25, 0.3) is 5.82 Å². The van der Waals surface area contributed by atoms with Crippen molar-refractivity contribution in [3.63, 3.8) is 0 Å². The number of benzene rings is 1. The molecule has 182 valence electrons. The summed E-state index contributed by atoms with van der Waals surface area (Å²) in [7, 11) is 0. The summed E-state index contributed by atoms with van der Waals surface area (Å²) in [4.78, 5) is 14.3. The van der Waals surface area contributed by atoms with Crippen molar-refractivity contribution in [1.29, 1.82) is 0 Å². The molecule has 1 aliphatic heterocycles. The maximum Gasteiger partial charge on any atom is 0.453 e. The average molecular weight is 484 g/mol. The molecule has 0 radical (unpaired) electrons. The second-order valence-electron chi connectivity index (χ2n) is 7.81. The molecule has 0 saturated carbocycles. The van der Waals surface area contributed by atoms with E-state index in [1.54, 1.807) is 18.2 Å². The first-order valence-electron chi connectivity index (χ1n) is 10.6. The van der Waals surface area contributed by atoms with E-state index in [1.807, 2.05) is 4.90 Å². The number of alkyl halides is 5. The Balaban J connectivity index is 1.27. The van der Waals surface area contributed by atoms with Crippen molar-refractivity contribution in [1.82, 2.24) is 25.1 Å². The zero-order valence-corrected chi connectivity index (χ0v) is 17.8. The Kier molecular flexibility index (Phi) is 6.80. The SMILES string of the molecule is O=C(NCCc1ccc(OC(F)F)cc1)C1CCN(c2ccc3nnc(C(F)(F)F)n3n2)CC1. The van der Waals surface area contributed by atoms with Crippen LogP contribution in [-0.2, 0) is 17.4 Å². The summed E-state index contributed by atoms with van der Waals surface area (Å²) in [6.45, 7) is -1.56. The van der Waals surface area contributed by atoms with E-state index < -0.39 is 18.6 Å². The van der Waals surface area contributed by atoms with Crippen LogP contribution in [0.25, 0.3) is 5.65 Å². The fourth-order valence-corrected chi connectivity index (χ4v) is 3.81. The van der Waals surface area contributed by atoms with Crippen LogP contribution in [0.5, 0.6) is 5.75 Å². The van der Waals surface area contributed by atoms with Crippen molar-refractivity contribution in [3.8, 4) is 5.75 Å². The van der Waals surface area contributed by atoms with Gasteiger partial charge < -0.3 is 15.0 Å². The number of hydrogen-bond donors (Lipinski definition) is 1. The largest absolute Gasteiger partial charge is 0.453 e. The quantitative estimate of drug-likeness (QED) is 0.518. The van der Waals surface area contributed by atoms with Gasteiger partial charge in [-0.15, -0.1) is 15.3 Å². The molecule has 3 aromatic rings. The van der Waals surface area contributed by atoms with E-state index in [0.717, 1.165) is 5.56 Å². The van der Waals surface area contributed by atoms with Crippen LogP contribution in [0.15, 0.2) is 36.4 Å². The van der Waals surface area contributed by atoms with Gasteiger partial charge in [0, 0.05) is 25.6 Å². The number of amides is 1. The standard InChI is InChI=1S/C21H21F5N6O2/c22-20(23)34-15-3-1-13(2-4-15)7-10-27-18(33)14-8-11-31(12-9-14)17-6-5-16-28-29-19(21(24,25)26)32(16)30-17/h1-6,14,20H,7-12H2,(H,27,33). The van der Waals surface area contributed by atoms with Gasteiger partial charge in [0.05, 0.1) is 0 Å². The van der Waals surface area contributed by atoms with Crippen LogP contribution in [0.4, 0.5) is 27.8 Å². The van der Waals surface area contributed by atoms with Crippen LogP contribution < -0.4 is 15.0 Å². The van der Waals surface area contributed by atoms with Crippen LogP contribution in [0, 0.1) is 5.92 Å². The number of fused-ring (bicyclic) bond motifs is 1. The fraction of sp³-hybridized carbons (Fsp3) is 0.429. The third-order valence-corrected chi connectivity index (χ3v) is 5.55. The van der Waals surface area contributed by atoms with Crippen molar-refractivity contribution in [2.45, 2.75) is 32.1 Å². The number of carbonyl (C=O) groups excluding carboxylic acids is 1. The molecule has 0 spiro atoms. The Morgan fingerprint density at radius 2 is 1.79 bits per heavy atom. The first-order chi connectivity index (χ1) is 16.2. The highest BCUT2D eigenvalue weighted by atomic mass is 19.4. The van der Waals surface area contributed by atoms with E-state index >= 15 is 0 Å². The van der Waals surface area contributed by atoms with Crippen LogP contribution in [-0.4, -0.2) is 52.0 Å². The normalized spacial score (nSPS) is 15.2. The Morgan fingerprint density at radius 1 is 1.09 bits per heavy atom. The number of rotatable bonds is 7. The van der Waals surface area contributed by atoms with Crippen molar-refractivity contribution < 1.29 is 31.5 Å². The van der Waals surface area contributed by atoms with Crippen molar-refractivity contribution >= 4 is 17.4 Å². The molecule has 13 heteroatoms. The minimum atomic E-state index is -4.67. The van der Waals surface area contributed by atoms with E-state index in [0.29, 0.717) is 49.2 Å². The first-order valence-corrected chi connectivity index (χ1v) is 10.6. The molecule has 1 N–H and O–H groups in total. The first kappa shape index (κ1) is 23.6. The molecule has 34 heavy (non-hydrogen) atoms. The van der Waals surface area contributed by atoms with Gasteiger partial charge in [-0.05, 0) is 49.1 Å². The third kappa shape index (κ3) is 5.51. The van der Waals surface area contributed by atoms with Crippen LogP contribution in [0.2, 0.25) is 0 Å². The van der Waals surface area contributed by atoms with Gasteiger partial charge in [0.15, 0.2) is 5.65 Å². The highest BCUT2D eigenvalue weighted by molar-refractivity contribution is 5.79. The highest BCUT2D eigenvalue weighted by Gasteiger charge is 2.38. The second-order valence-corrected chi connectivity index (χ2v) is 7.81. The monoisotopic (exact) mass is 484 g/mol. The molecule has 1 aromatic carbocycles. The van der Waals surface area contributed by atoms with Crippen molar-refractivity contribution in [2.24, 2.45) is 5.92 Å². The van der Waals surface area contributed by atoms with Crippen molar-refractivity contribution in [3.05, 3.63) is 47.8 Å². The van der Waals surface area contributed by atoms with Crippen LogP contribution >= 0.6 is 0 Å². The maximum absolute atomic E-state index is 13.1. The second kappa shape index (κ2) is 9.77. The minimum Gasteiger partial charge on any atom is -0.435 e. The Hall–Kier alpha value is -3.51. The summed E-state index contributed by atoms with van der Waals surface area (Å²) in [5, 5.41) is 13.6. The number of anilines is 1. The van der Waals surface area contributed by atoms with Gasteiger partial charge >= 0.3 is 12.8 Å². The van der Waals surface area contributed by atoms with Gasteiger partial charge in [0.1, 0.15) is 11.6 Å². The lowest BCUT2D eigenvalue weighted by Crippen LogP contribution is -2.41. The number of hydrogen-bond acceptors (Lipinski definition) is 6. The highest BCUT2D eigenvalue weighted by Crippen LogP contribution is 2.28. The molecule has 0 bridgehead atoms. The third-order valence-electron chi connectivity index (χ3n) is 5.55. The summed E-state index contributed by atoms with van der Waals surface area (Å²) in [5.41, 5.74) is 0.868. The van der Waals surface area contributed by atoms with Gasteiger partial charge in [0.2, 0.25) is 5.91 Å². The van der Waals surface area contributed by atoms with E-state index in [9.17, 15) is 26.7 Å². The predicted molar refractivity (Wildman–Crippen MR) is 111 cm³/mol. The molecule has 1 aliphatic rings. The summed E-state index contributed by atoms with van der Waals surface area (Å²) in [6, 6.07) is 9.22. The number of carbonyl (C=O) groups is 1. The van der Waals surface area contributed by atoms with Gasteiger partial charge in [-0.2, -0.15) is 26.5 Å². The van der Waals surface area contributed by atoms with Gasteiger partial charge in [-0.1, -0.05) is 12.1 Å². The fourth-order valence-electron chi connectivity index (χ4n) is 3.81. The summed E-state index contributed by atoms with van der Waals surface area (Å²) >= 11 is 0. The molecule has 1 amide bonds. The summed E-state index contributed by atoms with van der Waals surface area (Å²) in [5.74, 6) is -1.07. The van der Waals surface area contributed by atoms with E-state index in [2.05, 4.69) is 25.3 Å². The summed E-state index contributed by atoms with van der Waals surface area (Å²) in [6.07, 6.45) is -3.08. The molecule has 8 nitrogen and oxygen atoms in total. The Morgan fingerprint density at radius 3 is 2.44 bits per heavy atom. The number of aromatic nitrogens is 4. The Bertz CT molecular complexity index is 1130. The lowest BCUT2D eigenvalue weighted by molar-refractivity contribution is -0.146. The van der Waals surface area contributed by atoms with Gasteiger partial charge in [-0.25, -0.2) is 0 Å². The zero-order chi connectivity index (χ0) is 24.3. The molecule has 1 saturated heterocycles. The smallest absolute Gasteiger partial charge is 0.435 e. The number of ether oxygens (including phenoxy) is 1. The molecule has 0 atom stereocenters. The predicted octanol–water partition coefficient (Wildman–Crippen LogP) is 3.32. The lowest BCUT2D eigenvalue weighted by atomic mass is 9.96. The van der Waals surface area contributed by atoms with E-state index in [4.69, 9.17) is 0 Å². The zero-order valence-electron chi connectivity index (χ0n) is 17.8. The number of halogens is 5. The molecule has 4 rings (SSSR count). The molecular weight excluding hydrogens is 463 g/mol. The van der Waals surface area contributed by atoms with Crippen molar-refractivity contribution in [2.75, 3.05) is 24.5 Å². The van der Waals surface area contributed by atoms with E-state index in [1.165, 1.54) is 18.2 Å². The average Bonchev–Trinajstić information content (AvgIpc) is 3.24. The van der Waals surface area contributed by atoms with Gasteiger partial charge in [-0.3, -0.25) is 4.79 Å². The van der Waals surface area contributed by atoms with E-state index in [-0.39, 0.29) is 23.2 Å². The van der Waals surface area contributed by atoms with Crippen LogP contribution in [0.1, 0.15) is 24.2 Å². The topological polar surface area (TPSA) is 84.6 Å². The molecule has 2 aromatic heterocycles. The maximum atomic E-state index is 13.1. The lowest BCUT2D eigenvalue weighted by Gasteiger charge is -2.32. The number of piperidine rings is 1. The van der Waals surface area contributed by atoms with Crippen LogP contribution in [0.3, 0.4) is 0 Å². The Labute approximate surface area is 190 Å². The molecule has 0 unspecified atom stereocenters. The minimum absolute atomic E-state index is 0.00141. The number of nitrogens with zero attached hydrogens (tertiary/aromatic N) is 5.